The number of hydrogen-bond donors (Lipinski definition) is 0. The van der Waals surface area contributed by atoms with Crippen LogP contribution in [0.4, 0.5) is 0 Å². The predicted octanol–water partition coefficient (Wildman–Crippen LogP) is 1.97. The summed E-state index contributed by atoms with van der Waals surface area (Å²) in [5.74, 6) is 1.45. The van der Waals surface area contributed by atoms with Crippen LogP contribution in [0.1, 0.15) is 51.3 Å². The Bertz CT molecular complexity index is 636. The smallest absolute Gasteiger partial charge is 0.309 e. The Kier molecular flexibility index (Phi) is 5.66. The third-order valence-electron chi connectivity index (χ3n) is 4.87. The van der Waals surface area contributed by atoms with Crippen LogP contribution in [0.2, 0.25) is 0 Å². The summed E-state index contributed by atoms with van der Waals surface area (Å²) in [4.78, 5) is 26.4. The van der Waals surface area contributed by atoms with E-state index in [1.807, 2.05) is 30.4 Å². The van der Waals surface area contributed by atoms with E-state index < -0.39 is 0 Å². The number of piperidine rings is 1. The fourth-order valence-corrected chi connectivity index (χ4v) is 4.09. The first-order chi connectivity index (χ1) is 12.0. The van der Waals surface area contributed by atoms with Gasteiger partial charge in [0.15, 0.2) is 5.16 Å². The summed E-state index contributed by atoms with van der Waals surface area (Å²) in [6, 6.07) is 0. The Labute approximate surface area is 152 Å². The van der Waals surface area contributed by atoms with Gasteiger partial charge < -0.3 is 14.2 Å². The average molecular weight is 366 g/mol. The number of nitrogens with zero attached hydrogens (tertiary/aromatic N) is 4. The third-order valence-corrected chi connectivity index (χ3v) is 5.99. The number of rotatable bonds is 6. The molecule has 1 aromatic heterocycles. The highest BCUT2D eigenvalue weighted by Gasteiger charge is 2.32. The molecule has 1 saturated carbocycles. The quantitative estimate of drug-likeness (QED) is 0.566. The summed E-state index contributed by atoms with van der Waals surface area (Å²) in [6.45, 7) is 5.36. The topological polar surface area (TPSA) is 77.3 Å². The normalized spacial score (nSPS) is 19.7. The van der Waals surface area contributed by atoms with Gasteiger partial charge in [-0.25, -0.2) is 0 Å². The molecule has 0 unspecified atom stereocenters. The van der Waals surface area contributed by atoms with Crippen molar-refractivity contribution in [1.29, 1.82) is 0 Å². The van der Waals surface area contributed by atoms with E-state index in [1.54, 1.807) is 0 Å². The molecule has 25 heavy (non-hydrogen) atoms. The number of aromatic nitrogens is 3. The minimum absolute atomic E-state index is 0.0770. The lowest BCUT2D eigenvalue weighted by Gasteiger charge is -2.32. The van der Waals surface area contributed by atoms with Gasteiger partial charge in [0.25, 0.3) is 0 Å². The van der Waals surface area contributed by atoms with Crippen molar-refractivity contribution in [3.05, 3.63) is 5.82 Å². The first-order valence-corrected chi connectivity index (χ1v) is 9.90. The molecule has 1 amide bonds. The van der Waals surface area contributed by atoms with Crippen LogP contribution >= 0.6 is 11.8 Å². The van der Waals surface area contributed by atoms with Gasteiger partial charge in [-0.3, -0.25) is 9.59 Å². The highest BCUT2D eigenvalue weighted by Crippen LogP contribution is 2.39. The van der Waals surface area contributed by atoms with Crippen LogP contribution < -0.4 is 0 Å². The van der Waals surface area contributed by atoms with Crippen LogP contribution in [0.3, 0.4) is 0 Å². The van der Waals surface area contributed by atoms with Crippen molar-refractivity contribution in [2.45, 2.75) is 55.9 Å². The summed E-state index contributed by atoms with van der Waals surface area (Å²) in [7, 11) is 1.97. The van der Waals surface area contributed by atoms with Crippen molar-refractivity contribution in [3.8, 4) is 0 Å². The molecule has 1 saturated heterocycles. The zero-order valence-electron chi connectivity index (χ0n) is 15.1. The number of amides is 1. The van der Waals surface area contributed by atoms with Crippen LogP contribution in [-0.4, -0.2) is 56.5 Å². The molecule has 0 aromatic carbocycles. The summed E-state index contributed by atoms with van der Waals surface area (Å²) in [5.41, 5.74) is 0. The Morgan fingerprint density at radius 3 is 2.52 bits per heavy atom. The number of hydrogen-bond acceptors (Lipinski definition) is 6. The first-order valence-electron chi connectivity index (χ1n) is 9.02. The van der Waals surface area contributed by atoms with Crippen LogP contribution in [0.15, 0.2) is 5.16 Å². The number of ether oxygens (including phenoxy) is 1. The molecule has 8 heteroatoms. The summed E-state index contributed by atoms with van der Waals surface area (Å²) >= 11 is 1.46. The second-order valence-corrected chi connectivity index (χ2v) is 8.09. The lowest BCUT2D eigenvalue weighted by Crippen LogP contribution is -2.43. The lowest BCUT2D eigenvalue weighted by atomic mass is 9.97. The predicted molar refractivity (Wildman–Crippen MR) is 94.2 cm³/mol. The fraction of sp³-hybridized carbons (Fsp3) is 0.765. The van der Waals surface area contributed by atoms with Crippen molar-refractivity contribution >= 4 is 23.6 Å². The molecule has 0 spiro atoms. The Morgan fingerprint density at radius 1 is 1.24 bits per heavy atom. The molecule has 1 aliphatic heterocycles. The molecular formula is C17H26N4O3S. The molecule has 138 valence electrons. The Hall–Kier alpha value is -1.57. The second kappa shape index (κ2) is 7.76. The van der Waals surface area contributed by atoms with Crippen LogP contribution in [0, 0.1) is 5.92 Å². The van der Waals surface area contributed by atoms with E-state index in [-0.39, 0.29) is 23.0 Å². The number of thioether (sulfide) groups is 1. The largest absolute Gasteiger partial charge is 0.466 e. The van der Waals surface area contributed by atoms with Gasteiger partial charge in [-0.15, -0.1) is 10.2 Å². The molecule has 1 aliphatic carbocycles. The van der Waals surface area contributed by atoms with E-state index in [0.717, 1.165) is 11.0 Å². The zero-order valence-corrected chi connectivity index (χ0v) is 15.9. The molecule has 2 heterocycles. The molecule has 0 radical (unpaired) electrons. The summed E-state index contributed by atoms with van der Waals surface area (Å²) in [6.07, 6.45) is 3.72. The van der Waals surface area contributed by atoms with Crippen LogP contribution in [-0.2, 0) is 21.4 Å². The minimum atomic E-state index is -0.214. The summed E-state index contributed by atoms with van der Waals surface area (Å²) in [5, 5.41) is 9.09. The number of carbonyl (C=O) groups excluding carboxylic acids is 2. The van der Waals surface area contributed by atoms with Gasteiger partial charge in [0.05, 0.1) is 17.8 Å². The minimum Gasteiger partial charge on any atom is -0.466 e. The Balaban J connectivity index is 1.52. The van der Waals surface area contributed by atoms with Gasteiger partial charge >= 0.3 is 5.97 Å². The lowest BCUT2D eigenvalue weighted by molar-refractivity contribution is -0.151. The van der Waals surface area contributed by atoms with Gasteiger partial charge in [-0.1, -0.05) is 11.8 Å². The Morgan fingerprint density at radius 2 is 1.92 bits per heavy atom. The third kappa shape index (κ3) is 4.16. The van der Waals surface area contributed by atoms with Gasteiger partial charge in [-0.05, 0) is 39.5 Å². The maximum absolute atomic E-state index is 12.7. The average Bonchev–Trinajstić information content (AvgIpc) is 3.39. The summed E-state index contributed by atoms with van der Waals surface area (Å²) < 4.78 is 7.09. The van der Waals surface area contributed by atoms with E-state index in [2.05, 4.69) is 10.2 Å². The molecule has 7 nitrogen and oxygen atoms in total. The van der Waals surface area contributed by atoms with Crippen LogP contribution in [0.25, 0.3) is 0 Å². The molecule has 0 bridgehead atoms. The molecule has 3 rings (SSSR count). The zero-order chi connectivity index (χ0) is 18.0. The van der Waals surface area contributed by atoms with Gasteiger partial charge in [-0.2, -0.15) is 0 Å². The fourth-order valence-electron chi connectivity index (χ4n) is 3.19. The molecule has 0 N–H and O–H groups in total. The highest BCUT2D eigenvalue weighted by atomic mass is 32.2. The van der Waals surface area contributed by atoms with E-state index in [0.29, 0.717) is 38.5 Å². The SMILES string of the molecule is CCOC(=O)C1CCN(C(=O)[C@H](C)Sc2nnc(C3CC3)n2C)CC1. The molecule has 2 aliphatic rings. The molecule has 1 atom stereocenters. The molecular weight excluding hydrogens is 340 g/mol. The van der Waals surface area contributed by atoms with Crippen molar-refractivity contribution in [1.82, 2.24) is 19.7 Å². The van der Waals surface area contributed by atoms with Crippen molar-refractivity contribution in [3.63, 3.8) is 0 Å². The number of esters is 1. The van der Waals surface area contributed by atoms with Gasteiger partial charge in [0.1, 0.15) is 5.82 Å². The van der Waals surface area contributed by atoms with Gasteiger partial charge in [0, 0.05) is 26.1 Å². The van der Waals surface area contributed by atoms with E-state index in [4.69, 9.17) is 4.74 Å². The highest BCUT2D eigenvalue weighted by molar-refractivity contribution is 8.00. The van der Waals surface area contributed by atoms with Gasteiger partial charge in [0.2, 0.25) is 5.91 Å². The van der Waals surface area contributed by atoms with Crippen molar-refractivity contribution < 1.29 is 14.3 Å². The van der Waals surface area contributed by atoms with E-state index in [9.17, 15) is 9.59 Å². The maximum Gasteiger partial charge on any atom is 0.309 e. The monoisotopic (exact) mass is 366 g/mol. The van der Waals surface area contributed by atoms with Crippen LogP contribution in [0.5, 0.6) is 0 Å². The van der Waals surface area contributed by atoms with Crippen molar-refractivity contribution in [2.75, 3.05) is 19.7 Å². The number of likely N-dealkylation sites (tertiary alicyclic amines) is 1. The first kappa shape index (κ1) is 18.2. The van der Waals surface area contributed by atoms with Crippen molar-refractivity contribution in [2.24, 2.45) is 13.0 Å². The maximum atomic E-state index is 12.7. The second-order valence-electron chi connectivity index (χ2n) is 6.79. The molecule has 2 fully saturated rings. The van der Waals surface area contributed by atoms with E-state index in [1.165, 1.54) is 24.6 Å². The standard InChI is InChI=1S/C17H26N4O3S/c1-4-24-16(23)13-7-9-21(10-8-13)15(22)11(2)25-17-19-18-14(20(17)3)12-5-6-12/h11-13H,4-10H2,1-3H3/t11-/m0/s1. The molecule has 1 aromatic rings. The van der Waals surface area contributed by atoms with E-state index >= 15 is 0 Å². The number of carbonyl (C=O) groups is 2.